The fourth-order valence-corrected chi connectivity index (χ4v) is 3.36. The van der Waals surface area contributed by atoms with E-state index in [-0.39, 0.29) is 5.91 Å². The molecule has 0 saturated carbocycles. The summed E-state index contributed by atoms with van der Waals surface area (Å²) in [6.45, 7) is 8.77. The Hall–Kier alpha value is -2.90. The predicted octanol–water partition coefficient (Wildman–Crippen LogP) is 3.10. The maximum absolute atomic E-state index is 12.8. The average molecular weight is 425 g/mol. The van der Waals surface area contributed by atoms with E-state index in [1.54, 1.807) is 7.11 Å². The van der Waals surface area contributed by atoms with Crippen LogP contribution in [0.5, 0.6) is 5.75 Å². The summed E-state index contributed by atoms with van der Waals surface area (Å²) >= 11 is 0. The number of amides is 1. The molecule has 3 rings (SSSR count). The van der Waals surface area contributed by atoms with Gasteiger partial charge in [0.15, 0.2) is 0 Å². The van der Waals surface area contributed by atoms with Crippen LogP contribution < -0.4 is 15.4 Å². The van der Waals surface area contributed by atoms with Gasteiger partial charge in [-0.1, -0.05) is 25.1 Å². The molecule has 1 aliphatic heterocycles. The van der Waals surface area contributed by atoms with E-state index in [4.69, 9.17) is 9.47 Å². The minimum atomic E-state index is -0.202. The zero-order valence-corrected chi connectivity index (χ0v) is 18.6. The first-order chi connectivity index (χ1) is 15.1. The zero-order chi connectivity index (χ0) is 22.1. The van der Waals surface area contributed by atoms with Gasteiger partial charge in [-0.15, -0.1) is 0 Å². The summed E-state index contributed by atoms with van der Waals surface area (Å²) in [4.78, 5) is 19.8. The fourth-order valence-electron chi connectivity index (χ4n) is 3.36. The minimum absolute atomic E-state index is 0.202. The third kappa shape index (κ3) is 6.80. The number of guanidine groups is 1. The van der Waals surface area contributed by atoms with Gasteiger partial charge in [0.25, 0.3) is 5.91 Å². The number of methoxy groups -OCH3 is 1. The lowest BCUT2D eigenvalue weighted by molar-refractivity contribution is 0.0394. The topological polar surface area (TPSA) is 75.2 Å². The van der Waals surface area contributed by atoms with E-state index in [1.165, 1.54) is 5.56 Å². The van der Waals surface area contributed by atoms with Crippen LogP contribution in [0.15, 0.2) is 47.5 Å². The number of aryl methyl sites for hydroxylation is 2. The van der Waals surface area contributed by atoms with Crippen LogP contribution in [0.2, 0.25) is 0 Å². The monoisotopic (exact) mass is 424 g/mol. The fraction of sp³-hybridized carbons (Fsp3) is 0.417. The van der Waals surface area contributed by atoms with Crippen molar-refractivity contribution in [3.05, 3.63) is 59.2 Å². The van der Waals surface area contributed by atoms with E-state index < -0.39 is 0 Å². The number of morpholine rings is 1. The van der Waals surface area contributed by atoms with Crippen LogP contribution >= 0.6 is 0 Å². The highest BCUT2D eigenvalue weighted by atomic mass is 16.5. The lowest BCUT2D eigenvalue weighted by atomic mass is 10.1. The Labute approximate surface area is 184 Å². The second kappa shape index (κ2) is 11.5. The Balaban J connectivity index is 1.74. The number of nitrogens with one attached hydrogen (secondary N) is 2. The molecule has 166 valence electrons. The van der Waals surface area contributed by atoms with Crippen LogP contribution in [0.3, 0.4) is 0 Å². The smallest absolute Gasteiger partial charge is 0.257 e. The lowest BCUT2D eigenvalue weighted by Gasteiger charge is -2.25. The van der Waals surface area contributed by atoms with E-state index in [0.29, 0.717) is 23.8 Å². The van der Waals surface area contributed by atoms with E-state index >= 15 is 0 Å². The molecule has 0 atom stereocenters. The molecular formula is C24H32N4O3. The summed E-state index contributed by atoms with van der Waals surface area (Å²) in [5.74, 6) is 0.890. The third-order valence-electron chi connectivity index (χ3n) is 5.25. The van der Waals surface area contributed by atoms with Gasteiger partial charge in [0, 0.05) is 25.2 Å². The predicted molar refractivity (Wildman–Crippen MR) is 124 cm³/mol. The highest BCUT2D eigenvalue weighted by Crippen LogP contribution is 2.25. The van der Waals surface area contributed by atoms with E-state index in [0.717, 1.165) is 50.5 Å². The number of aliphatic imine (C=N–C) groups is 1. The van der Waals surface area contributed by atoms with Gasteiger partial charge in [0.05, 0.1) is 32.6 Å². The molecule has 2 N–H and O–H groups in total. The highest BCUT2D eigenvalue weighted by Gasteiger charge is 2.13. The number of anilines is 1. The molecule has 1 fully saturated rings. The van der Waals surface area contributed by atoms with Crippen LogP contribution in [0.25, 0.3) is 0 Å². The molecular weight excluding hydrogens is 392 g/mol. The van der Waals surface area contributed by atoms with Gasteiger partial charge in [-0.2, -0.15) is 0 Å². The summed E-state index contributed by atoms with van der Waals surface area (Å²) in [6, 6.07) is 13.5. The van der Waals surface area contributed by atoms with Crippen LogP contribution in [0, 0.1) is 6.92 Å². The highest BCUT2D eigenvalue weighted by molar-refractivity contribution is 6.10. The van der Waals surface area contributed by atoms with Crippen molar-refractivity contribution in [1.82, 2.24) is 10.2 Å². The molecule has 0 spiro atoms. The Morgan fingerprint density at radius 2 is 1.90 bits per heavy atom. The van der Waals surface area contributed by atoms with Crippen molar-refractivity contribution < 1.29 is 14.3 Å². The van der Waals surface area contributed by atoms with Crippen LogP contribution in [-0.2, 0) is 11.2 Å². The number of ether oxygens (including phenoxy) is 2. The van der Waals surface area contributed by atoms with Gasteiger partial charge in [-0.25, -0.2) is 0 Å². The summed E-state index contributed by atoms with van der Waals surface area (Å²) < 4.78 is 10.9. The Bertz CT molecular complexity index is 890. The third-order valence-corrected chi connectivity index (χ3v) is 5.25. The first-order valence-corrected chi connectivity index (χ1v) is 10.8. The minimum Gasteiger partial charge on any atom is -0.495 e. The number of carbonyl (C=O) groups excluding carboxylic acids is 1. The van der Waals surface area contributed by atoms with E-state index in [1.807, 2.05) is 49.4 Å². The largest absolute Gasteiger partial charge is 0.495 e. The number of rotatable bonds is 7. The maximum Gasteiger partial charge on any atom is 0.257 e. The number of nitrogens with zero attached hydrogens (tertiary/aromatic N) is 2. The van der Waals surface area contributed by atoms with Gasteiger partial charge < -0.3 is 14.8 Å². The summed E-state index contributed by atoms with van der Waals surface area (Å²) in [5, 5.41) is 6.18. The van der Waals surface area contributed by atoms with Gasteiger partial charge in [0.2, 0.25) is 5.96 Å². The van der Waals surface area contributed by atoms with E-state index in [9.17, 15) is 4.79 Å². The number of hydrogen-bond donors (Lipinski definition) is 2. The Morgan fingerprint density at radius 1 is 1.16 bits per heavy atom. The summed E-state index contributed by atoms with van der Waals surface area (Å²) in [7, 11) is 1.62. The molecule has 0 aliphatic carbocycles. The van der Waals surface area contributed by atoms with Gasteiger partial charge in [-0.05, 0) is 48.7 Å². The molecule has 2 aromatic rings. The van der Waals surface area contributed by atoms with Crippen LogP contribution in [0.4, 0.5) is 5.69 Å². The van der Waals surface area contributed by atoms with Gasteiger partial charge in [-0.3, -0.25) is 20.0 Å². The summed E-state index contributed by atoms with van der Waals surface area (Å²) in [6.07, 6.45) is 0.935. The van der Waals surface area contributed by atoms with Crippen molar-refractivity contribution in [1.29, 1.82) is 0 Å². The normalized spacial score (nSPS) is 14.9. The first kappa shape index (κ1) is 22.8. The number of benzene rings is 2. The molecule has 7 nitrogen and oxygen atoms in total. The van der Waals surface area contributed by atoms with E-state index in [2.05, 4.69) is 27.4 Å². The molecule has 1 heterocycles. The molecule has 2 aromatic carbocycles. The molecule has 7 heteroatoms. The second-order valence-electron chi connectivity index (χ2n) is 7.52. The van der Waals surface area contributed by atoms with Crippen molar-refractivity contribution in [3.8, 4) is 5.75 Å². The Morgan fingerprint density at radius 3 is 2.58 bits per heavy atom. The van der Waals surface area contributed by atoms with Crippen molar-refractivity contribution in [2.24, 2.45) is 4.99 Å². The average Bonchev–Trinajstić information content (AvgIpc) is 2.80. The standard InChI is InChI=1S/C24H32N4O3/c1-4-19-6-8-20(9-7-19)23(29)27-24(25-11-12-28-13-15-31-16-14-28)26-21-17-18(2)5-10-22(21)30-3/h5-10,17H,4,11-16H2,1-3H3,(H2,25,26,27,29). The van der Waals surface area contributed by atoms with Crippen molar-refractivity contribution in [2.75, 3.05) is 51.8 Å². The quantitative estimate of drug-likeness (QED) is 0.528. The number of carbonyl (C=O) groups is 1. The molecule has 1 aliphatic rings. The van der Waals surface area contributed by atoms with Gasteiger partial charge >= 0.3 is 0 Å². The number of hydrogen-bond acceptors (Lipinski definition) is 5. The SMILES string of the molecule is CCc1ccc(C(=O)NC(=NCCN2CCOCC2)Nc2cc(C)ccc2OC)cc1. The molecule has 0 bridgehead atoms. The molecule has 0 unspecified atom stereocenters. The van der Waals surface area contributed by atoms with Crippen molar-refractivity contribution in [3.63, 3.8) is 0 Å². The van der Waals surface area contributed by atoms with Crippen molar-refractivity contribution >= 4 is 17.6 Å². The maximum atomic E-state index is 12.8. The van der Waals surface area contributed by atoms with Crippen LogP contribution in [0.1, 0.15) is 28.4 Å². The zero-order valence-electron chi connectivity index (χ0n) is 18.6. The Kier molecular flexibility index (Phi) is 8.44. The molecule has 1 amide bonds. The molecule has 1 saturated heterocycles. The molecule has 0 radical (unpaired) electrons. The first-order valence-electron chi connectivity index (χ1n) is 10.8. The van der Waals surface area contributed by atoms with Gasteiger partial charge in [0.1, 0.15) is 5.75 Å². The second-order valence-corrected chi connectivity index (χ2v) is 7.52. The summed E-state index contributed by atoms with van der Waals surface area (Å²) in [5.41, 5.74) is 3.63. The molecule has 0 aromatic heterocycles. The molecule has 31 heavy (non-hydrogen) atoms. The lowest BCUT2D eigenvalue weighted by Crippen LogP contribution is -2.39. The van der Waals surface area contributed by atoms with Crippen molar-refractivity contribution in [2.45, 2.75) is 20.3 Å². The van der Waals surface area contributed by atoms with Crippen LogP contribution in [-0.4, -0.2) is 63.3 Å².